The van der Waals surface area contributed by atoms with Gasteiger partial charge in [-0.25, -0.2) is 0 Å². The van der Waals surface area contributed by atoms with E-state index in [1.807, 2.05) is 43.3 Å². The van der Waals surface area contributed by atoms with Crippen LogP contribution in [0.15, 0.2) is 48.6 Å². The van der Waals surface area contributed by atoms with Gasteiger partial charge in [0.25, 0.3) is 0 Å². The Bertz CT molecular complexity index is 407. The summed E-state index contributed by atoms with van der Waals surface area (Å²) in [7, 11) is 0. The number of hydrogen-bond donors (Lipinski definition) is 1. The van der Waals surface area contributed by atoms with Crippen molar-refractivity contribution in [2.75, 3.05) is 6.54 Å². The highest BCUT2D eigenvalue weighted by Crippen LogP contribution is 2.09. The van der Waals surface area contributed by atoms with Crippen LogP contribution in [0.4, 0.5) is 0 Å². The predicted octanol–water partition coefficient (Wildman–Crippen LogP) is 3.13. The molecule has 1 N–H and O–H groups in total. The Kier molecular flexibility index (Phi) is 6.12. The van der Waals surface area contributed by atoms with Crippen molar-refractivity contribution >= 4 is 17.5 Å². The molecular weight excluding hydrogens is 234 g/mol. The lowest BCUT2D eigenvalue weighted by molar-refractivity contribution is -0.116. The Hall–Kier alpha value is -1.54. The molecule has 0 radical (unpaired) electrons. The minimum atomic E-state index is -0.0722. The van der Waals surface area contributed by atoms with Crippen LogP contribution in [-0.4, -0.2) is 12.5 Å². The second kappa shape index (κ2) is 7.69. The number of rotatable bonds is 5. The van der Waals surface area contributed by atoms with Crippen LogP contribution in [0.3, 0.4) is 0 Å². The molecule has 17 heavy (non-hydrogen) atoms. The lowest BCUT2D eigenvalue weighted by Gasteiger charge is -2.02. The lowest BCUT2D eigenvalue weighted by Crippen LogP contribution is -2.23. The van der Waals surface area contributed by atoms with Crippen molar-refractivity contribution in [3.05, 3.63) is 59.2 Å². The third-order valence-corrected chi connectivity index (χ3v) is 2.43. The van der Waals surface area contributed by atoms with Gasteiger partial charge >= 0.3 is 0 Å². The van der Waals surface area contributed by atoms with Crippen LogP contribution in [0.25, 0.3) is 0 Å². The first kappa shape index (κ1) is 13.5. The first-order chi connectivity index (χ1) is 8.22. The molecule has 1 amide bonds. The summed E-state index contributed by atoms with van der Waals surface area (Å²) in [5, 5.41) is 3.54. The number of halogens is 1. The van der Waals surface area contributed by atoms with Crippen LogP contribution >= 0.6 is 11.6 Å². The number of benzene rings is 1. The van der Waals surface area contributed by atoms with Crippen LogP contribution in [0.1, 0.15) is 12.5 Å². The second-order valence-electron chi connectivity index (χ2n) is 3.55. The van der Waals surface area contributed by atoms with Gasteiger partial charge < -0.3 is 5.32 Å². The Labute approximate surface area is 107 Å². The van der Waals surface area contributed by atoms with Crippen molar-refractivity contribution in [1.82, 2.24) is 5.32 Å². The third kappa shape index (κ3) is 5.93. The fourth-order valence-electron chi connectivity index (χ4n) is 1.29. The van der Waals surface area contributed by atoms with Gasteiger partial charge in [-0.3, -0.25) is 4.79 Å². The maximum atomic E-state index is 11.3. The van der Waals surface area contributed by atoms with Crippen molar-refractivity contribution in [1.29, 1.82) is 0 Å². The minimum absolute atomic E-state index is 0.0722. The smallest absolute Gasteiger partial charge is 0.243 e. The number of allylic oxidation sites excluding steroid dienone is 3. The van der Waals surface area contributed by atoms with E-state index in [-0.39, 0.29) is 5.91 Å². The van der Waals surface area contributed by atoms with E-state index < -0.39 is 0 Å². The van der Waals surface area contributed by atoms with Gasteiger partial charge in [-0.1, -0.05) is 42.0 Å². The van der Waals surface area contributed by atoms with E-state index in [2.05, 4.69) is 5.32 Å². The Balaban J connectivity index is 2.28. The average molecular weight is 250 g/mol. The number of nitrogens with one attached hydrogen (secondary N) is 1. The molecule has 0 aliphatic heterocycles. The highest BCUT2D eigenvalue weighted by molar-refractivity contribution is 6.30. The Morgan fingerprint density at radius 1 is 1.29 bits per heavy atom. The first-order valence-corrected chi connectivity index (χ1v) is 5.92. The molecule has 2 nitrogen and oxygen atoms in total. The summed E-state index contributed by atoms with van der Waals surface area (Å²) in [6, 6.07) is 7.63. The normalized spacial score (nSPS) is 11.2. The maximum Gasteiger partial charge on any atom is 0.243 e. The van der Waals surface area contributed by atoms with Crippen LogP contribution in [0, 0.1) is 0 Å². The third-order valence-electron chi connectivity index (χ3n) is 2.18. The zero-order valence-corrected chi connectivity index (χ0v) is 10.6. The summed E-state index contributed by atoms with van der Waals surface area (Å²) in [6.07, 6.45) is 7.73. The summed E-state index contributed by atoms with van der Waals surface area (Å²) < 4.78 is 0. The van der Waals surface area contributed by atoms with Crippen molar-refractivity contribution in [3.8, 4) is 0 Å². The van der Waals surface area contributed by atoms with E-state index in [0.717, 1.165) is 17.0 Å². The van der Waals surface area contributed by atoms with E-state index in [1.54, 1.807) is 6.08 Å². The molecule has 0 bridgehead atoms. The molecule has 0 fully saturated rings. The summed E-state index contributed by atoms with van der Waals surface area (Å²) in [4.78, 5) is 11.3. The number of carbonyl (C=O) groups excluding carboxylic acids is 1. The zero-order chi connectivity index (χ0) is 12.5. The number of carbonyl (C=O) groups is 1. The molecule has 0 heterocycles. The highest BCUT2D eigenvalue weighted by Gasteiger charge is 1.96. The summed E-state index contributed by atoms with van der Waals surface area (Å²) in [5.74, 6) is -0.0722. The molecule has 1 aromatic carbocycles. The van der Waals surface area contributed by atoms with E-state index >= 15 is 0 Å². The van der Waals surface area contributed by atoms with E-state index in [4.69, 9.17) is 11.6 Å². The van der Waals surface area contributed by atoms with E-state index in [0.29, 0.717) is 6.54 Å². The molecule has 0 aliphatic carbocycles. The Morgan fingerprint density at radius 2 is 2.00 bits per heavy atom. The fraction of sp³-hybridized carbons (Fsp3) is 0.214. The summed E-state index contributed by atoms with van der Waals surface area (Å²) >= 11 is 5.78. The summed E-state index contributed by atoms with van der Waals surface area (Å²) in [6.45, 7) is 2.53. The van der Waals surface area contributed by atoms with Crippen molar-refractivity contribution in [2.24, 2.45) is 0 Å². The molecule has 0 atom stereocenters. The van der Waals surface area contributed by atoms with Gasteiger partial charge in [-0.2, -0.15) is 0 Å². The van der Waals surface area contributed by atoms with Gasteiger partial charge in [-0.05, 0) is 31.0 Å². The highest BCUT2D eigenvalue weighted by atomic mass is 35.5. The molecule has 0 saturated heterocycles. The molecule has 0 aromatic heterocycles. The lowest BCUT2D eigenvalue weighted by atomic mass is 10.1. The Morgan fingerprint density at radius 3 is 2.65 bits per heavy atom. The van der Waals surface area contributed by atoms with Crippen molar-refractivity contribution < 1.29 is 4.79 Å². The second-order valence-corrected chi connectivity index (χ2v) is 3.99. The largest absolute Gasteiger partial charge is 0.352 e. The maximum absolute atomic E-state index is 11.3. The molecule has 90 valence electrons. The van der Waals surface area contributed by atoms with Gasteiger partial charge in [0, 0.05) is 17.6 Å². The SMILES string of the molecule is CC=CC=CC(=O)NCCc1ccc(Cl)cc1. The molecule has 0 aliphatic rings. The first-order valence-electron chi connectivity index (χ1n) is 5.54. The molecule has 0 spiro atoms. The van der Waals surface area contributed by atoms with Crippen molar-refractivity contribution in [2.45, 2.75) is 13.3 Å². The predicted molar refractivity (Wildman–Crippen MR) is 72.1 cm³/mol. The number of amides is 1. The van der Waals surface area contributed by atoms with Gasteiger partial charge in [0.1, 0.15) is 0 Å². The quantitative estimate of drug-likeness (QED) is 0.631. The molecule has 3 heteroatoms. The van der Waals surface area contributed by atoms with Crippen LogP contribution in [0.5, 0.6) is 0 Å². The molecule has 0 saturated carbocycles. The van der Waals surface area contributed by atoms with Crippen molar-refractivity contribution in [3.63, 3.8) is 0 Å². The van der Waals surface area contributed by atoms with Crippen LogP contribution in [0.2, 0.25) is 5.02 Å². The van der Waals surface area contributed by atoms with E-state index in [1.165, 1.54) is 6.08 Å². The average Bonchev–Trinajstić information content (AvgIpc) is 2.32. The van der Waals surface area contributed by atoms with Gasteiger partial charge in [-0.15, -0.1) is 0 Å². The molecule has 1 rings (SSSR count). The molecule has 0 unspecified atom stereocenters. The minimum Gasteiger partial charge on any atom is -0.352 e. The molecular formula is C14H16ClNO. The van der Waals surface area contributed by atoms with Crippen LogP contribution < -0.4 is 5.32 Å². The standard InChI is InChI=1S/C14H16ClNO/c1-2-3-4-5-14(17)16-11-10-12-6-8-13(15)9-7-12/h2-9H,10-11H2,1H3,(H,16,17). The van der Waals surface area contributed by atoms with Gasteiger partial charge in [0.05, 0.1) is 0 Å². The van der Waals surface area contributed by atoms with Gasteiger partial charge in [0.2, 0.25) is 5.91 Å². The zero-order valence-electron chi connectivity index (χ0n) is 9.82. The topological polar surface area (TPSA) is 29.1 Å². The monoisotopic (exact) mass is 249 g/mol. The number of hydrogen-bond acceptors (Lipinski definition) is 1. The van der Waals surface area contributed by atoms with E-state index in [9.17, 15) is 4.79 Å². The fourth-order valence-corrected chi connectivity index (χ4v) is 1.42. The van der Waals surface area contributed by atoms with Crippen LogP contribution in [-0.2, 0) is 11.2 Å². The van der Waals surface area contributed by atoms with Gasteiger partial charge in [0.15, 0.2) is 0 Å². The summed E-state index contributed by atoms with van der Waals surface area (Å²) in [5.41, 5.74) is 1.16. The molecule has 1 aromatic rings.